The van der Waals surface area contributed by atoms with Crippen LogP contribution in [0.5, 0.6) is 0 Å². The van der Waals surface area contributed by atoms with Crippen LogP contribution in [0.1, 0.15) is 39.5 Å². The van der Waals surface area contributed by atoms with E-state index in [1.807, 2.05) is 19.0 Å². The quantitative estimate of drug-likeness (QED) is 0.582. The van der Waals surface area contributed by atoms with Crippen molar-refractivity contribution in [2.45, 2.75) is 39.5 Å². The molecule has 0 aromatic rings. The zero-order valence-electron chi connectivity index (χ0n) is 10.6. The molecule has 3 heteroatoms. The molecule has 0 aliphatic heterocycles. The molecule has 0 bridgehead atoms. The Bertz CT molecular complexity index is 169. The van der Waals surface area contributed by atoms with E-state index >= 15 is 0 Å². The topological polar surface area (TPSA) is 29.5 Å². The van der Waals surface area contributed by atoms with Gasteiger partial charge in [0.25, 0.3) is 0 Å². The van der Waals surface area contributed by atoms with Crippen LogP contribution >= 0.6 is 0 Å². The monoisotopic (exact) mass is 215 g/mol. The molecule has 0 heterocycles. The fraction of sp³-hybridized carbons (Fsp3) is 0.917. The number of carbonyl (C=O) groups excluding carboxylic acids is 1. The first kappa shape index (κ1) is 14.4. The number of rotatable bonds is 8. The zero-order chi connectivity index (χ0) is 11.7. The molecule has 0 amide bonds. The molecule has 1 unspecified atom stereocenters. The van der Waals surface area contributed by atoms with Gasteiger partial charge in [-0.2, -0.15) is 0 Å². The zero-order valence-corrected chi connectivity index (χ0v) is 10.6. The molecule has 15 heavy (non-hydrogen) atoms. The minimum Gasteiger partial charge on any atom is -0.464 e. The second-order valence-corrected chi connectivity index (χ2v) is 4.34. The van der Waals surface area contributed by atoms with Gasteiger partial charge in [-0.1, -0.05) is 33.1 Å². The van der Waals surface area contributed by atoms with Crippen LogP contribution in [0.25, 0.3) is 0 Å². The second kappa shape index (κ2) is 8.72. The van der Waals surface area contributed by atoms with E-state index in [1.165, 1.54) is 19.3 Å². The molecule has 0 radical (unpaired) electrons. The van der Waals surface area contributed by atoms with E-state index in [0.717, 1.165) is 6.42 Å². The lowest BCUT2D eigenvalue weighted by Crippen LogP contribution is -2.25. The SMILES string of the molecule is CCCCC(CC)COC(=O)CN(C)C. The van der Waals surface area contributed by atoms with Crippen molar-refractivity contribution < 1.29 is 9.53 Å². The minimum absolute atomic E-state index is 0.116. The summed E-state index contributed by atoms with van der Waals surface area (Å²) in [5.74, 6) is 0.422. The van der Waals surface area contributed by atoms with Gasteiger partial charge in [-0.15, -0.1) is 0 Å². The summed E-state index contributed by atoms with van der Waals surface area (Å²) in [6.45, 7) is 5.30. The van der Waals surface area contributed by atoms with E-state index in [4.69, 9.17) is 4.74 Å². The number of ether oxygens (including phenoxy) is 1. The molecule has 1 atom stereocenters. The van der Waals surface area contributed by atoms with E-state index in [1.54, 1.807) is 0 Å². The number of nitrogens with zero attached hydrogens (tertiary/aromatic N) is 1. The Balaban J connectivity index is 3.65. The average molecular weight is 215 g/mol. The summed E-state index contributed by atoms with van der Waals surface area (Å²) in [5, 5.41) is 0. The molecular formula is C12H25NO2. The maximum atomic E-state index is 11.3. The lowest BCUT2D eigenvalue weighted by molar-refractivity contribution is -0.145. The summed E-state index contributed by atoms with van der Waals surface area (Å²) in [7, 11) is 3.74. The van der Waals surface area contributed by atoms with Crippen LogP contribution in [0.4, 0.5) is 0 Å². The van der Waals surface area contributed by atoms with Crippen molar-refractivity contribution in [3.8, 4) is 0 Å². The maximum Gasteiger partial charge on any atom is 0.320 e. The van der Waals surface area contributed by atoms with Gasteiger partial charge in [0.1, 0.15) is 0 Å². The molecule has 0 saturated heterocycles. The van der Waals surface area contributed by atoms with Gasteiger partial charge in [0.2, 0.25) is 0 Å². The van der Waals surface area contributed by atoms with Crippen LogP contribution in [0, 0.1) is 5.92 Å². The summed E-state index contributed by atoms with van der Waals surface area (Å²) in [4.78, 5) is 13.1. The predicted molar refractivity (Wildman–Crippen MR) is 62.8 cm³/mol. The molecule has 0 aromatic heterocycles. The fourth-order valence-electron chi connectivity index (χ4n) is 1.41. The lowest BCUT2D eigenvalue weighted by Gasteiger charge is -2.15. The van der Waals surface area contributed by atoms with E-state index in [-0.39, 0.29) is 5.97 Å². The summed E-state index contributed by atoms with van der Waals surface area (Å²) < 4.78 is 5.22. The van der Waals surface area contributed by atoms with Gasteiger partial charge < -0.3 is 4.74 Å². The van der Waals surface area contributed by atoms with Crippen LogP contribution in [0.2, 0.25) is 0 Å². The normalized spacial score (nSPS) is 12.9. The predicted octanol–water partition coefficient (Wildman–Crippen LogP) is 2.31. The Morgan fingerprint density at radius 1 is 1.33 bits per heavy atom. The Morgan fingerprint density at radius 2 is 2.00 bits per heavy atom. The summed E-state index contributed by atoms with van der Waals surface area (Å²) in [6.07, 6.45) is 4.70. The molecule has 0 saturated carbocycles. The van der Waals surface area contributed by atoms with Crippen LogP contribution in [-0.4, -0.2) is 38.1 Å². The molecule has 0 N–H and O–H groups in total. The third kappa shape index (κ3) is 8.43. The molecule has 0 fully saturated rings. The van der Waals surface area contributed by atoms with Gasteiger partial charge in [0.15, 0.2) is 0 Å². The van der Waals surface area contributed by atoms with Gasteiger partial charge >= 0.3 is 5.97 Å². The molecule has 0 rings (SSSR count). The fourth-order valence-corrected chi connectivity index (χ4v) is 1.41. The highest BCUT2D eigenvalue weighted by molar-refractivity contribution is 5.71. The Hall–Kier alpha value is -0.570. The Labute approximate surface area is 93.8 Å². The number of hydrogen-bond donors (Lipinski definition) is 0. The largest absolute Gasteiger partial charge is 0.464 e. The number of unbranched alkanes of at least 4 members (excludes halogenated alkanes) is 1. The summed E-state index contributed by atoms with van der Waals surface area (Å²) in [5.41, 5.74) is 0. The highest BCUT2D eigenvalue weighted by Crippen LogP contribution is 2.12. The molecule has 0 aromatic carbocycles. The van der Waals surface area contributed by atoms with Crippen molar-refractivity contribution in [2.24, 2.45) is 5.92 Å². The van der Waals surface area contributed by atoms with E-state index in [9.17, 15) is 4.79 Å². The third-order valence-corrected chi connectivity index (χ3v) is 2.47. The van der Waals surface area contributed by atoms with E-state index < -0.39 is 0 Å². The number of likely N-dealkylation sites (N-methyl/N-ethyl adjacent to an activating group) is 1. The van der Waals surface area contributed by atoms with Gasteiger partial charge in [0, 0.05) is 0 Å². The van der Waals surface area contributed by atoms with E-state index in [0.29, 0.717) is 19.1 Å². The lowest BCUT2D eigenvalue weighted by atomic mass is 10.0. The molecule has 3 nitrogen and oxygen atoms in total. The van der Waals surface area contributed by atoms with Crippen molar-refractivity contribution in [1.29, 1.82) is 0 Å². The second-order valence-electron chi connectivity index (χ2n) is 4.34. The van der Waals surface area contributed by atoms with Gasteiger partial charge in [-0.05, 0) is 26.4 Å². The van der Waals surface area contributed by atoms with Crippen molar-refractivity contribution >= 4 is 5.97 Å². The third-order valence-electron chi connectivity index (χ3n) is 2.47. The first-order valence-electron chi connectivity index (χ1n) is 5.90. The molecule has 0 aliphatic rings. The Morgan fingerprint density at radius 3 is 2.47 bits per heavy atom. The average Bonchev–Trinajstić information content (AvgIpc) is 2.17. The number of esters is 1. The standard InChI is InChI=1S/C12H25NO2/c1-5-7-8-11(6-2)10-15-12(14)9-13(3)4/h11H,5-10H2,1-4H3. The molecule has 0 aliphatic carbocycles. The minimum atomic E-state index is -0.116. The highest BCUT2D eigenvalue weighted by atomic mass is 16.5. The van der Waals surface area contributed by atoms with Crippen molar-refractivity contribution in [3.63, 3.8) is 0 Å². The first-order valence-corrected chi connectivity index (χ1v) is 5.90. The summed E-state index contributed by atoms with van der Waals surface area (Å²) >= 11 is 0. The van der Waals surface area contributed by atoms with Crippen LogP contribution in [0.3, 0.4) is 0 Å². The van der Waals surface area contributed by atoms with Crippen LogP contribution < -0.4 is 0 Å². The van der Waals surface area contributed by atoms with Crippen molar-refractivity contribution in [3.05, 3.63) is 0 Å². The van der Waals surface area contributed by atoms with Crippen molar-refractivity contribution in [1.82, 2.24) is 4.90 Å². The van der Waals surface area contributed by atoms with E-state index in [2.05, 4.69) is 13.8 Å². The van der Waals surface area contributed by atoms with Gasteiger partial charge in [-0.25, -0.2) is 0 Å². The maximum absolute atomic E-state index is 11.3. The van der Waals surface area contributed by atoms with Gasteiger partial charge in [0.05, 0.1) is 13.2 Å². The number of carbonyl (C=O) groups is 1. The first-order chi connectivity index (χ1) is 7.10. The Kier molecular flexibility index (Phi) is 8.38. The number of hydrogen-bond acceptors (Lipinski definition) is 3. The van der Waals surface area contributed by atoms with Crippen LogP contribution in [-0.2, 0) is 9.53 Å². The van der Waals surface area contributed by atoms with Crippen LogP contribution in [0.15, 0.2) is 0 Å². The molecular weight excluding hydrogens is 190 g/mol. The molecule has 0 spiro atoms. The van der Waals surface area contributed by atoms with Gasteiger partial charge in [-0.3, -0.25) is 9.69 Å². The molecule has 90 valence electrons. The highest BCUT2D eigenvalue weighted by Gasteiger charge is 2.10. The smallest absolute Gasteiger partial charge is 0.320 e. The summed E-state index contributed by atoms with van der Waals surface area (Å²) in [6, 6.07) is 0. The van der Waals surface area contributed by atoms with Crippen molar-refractivity contribution in [2.75, 3.05) is 27.2 Å².